The van der Waals surface area contributed by atoms with Crippen molar-refractivity contribution in [1.82, 2.24) is 0 Å². The Morgan fingerprint density at radius 2 is 1.84 bits per heavy atom. The van der Waals surface area contributed by atoms with Crippen molar-refractivity contribution in [2.24, 2.45) is 0 Å². The first kappa shape index (κ1) is 14.4. The SMILES string of the molecule is Cc1ccc(C)c(N(C)S(=O)(=O)c2ccc(Cl)s2)c1. The lowest BCUT2D eigenvalue weighted by Crippen LogP contribution is -2.26. The van der Waals surface area contributed by atoms with Crippen molar-refractivity contribution in [3.8, 4) is 0 Å². The highest BCUT2D eigenvalue weighted by Gasteiger charge is 2.24. The molecule has 0 atom stereocenters. The Morgan fingerprint density at radius 1 is 1.16 bits per heavy atom. The molecule has 1 aromatic carbocycles. The zero-order valence-corrected chi connectivity index (χ0v) is 13.2. The van der Waals surface area contributed by atoms with Gasteiger partial charge in [0.25, 0.3) is 10.0 Å². The lowest BCUT2D eigenvalue weighted by Gasteiger charge is -2.21. The number of halogens is 1. The van der Waals surface area contributed by atoms with Crippen molar-refractivity contribution in [3.63, 3.8) is 0 Å². The minimum Gasteiger partial charge on any atom is -0.268 e. The number of anilines is 1. The van der Waals surface area contributed by atoms with Crippen LogP contribution in [-0.2, 0) is 10.0 Å². The van der Waals surface area contributed by atoms with Crippen LogP contribution in [0.15, 0.2) is 34.5 Å². The summed E-state index contributed by atoms with van der Waals surface area (Å²) in [6.07, 6.45) is 0. The molecule has 0 radical (unpaired) electrons. The van der Waals surface area contributed by atoms with Crippen molar-refractivity contribution < 1.29 is 8.42 Å². The van der Waals surface area contributed by atoms with E-state index < -0.39 is 10.0 Å². The van der Waals surface area contributed by atoms with E-state index in [-0.39, 0.29) is 4.21 Å². The van der Waals surface area contributed by atoms with E-state index in [1.54, 1.807) is 13.1 Å². The van der Waals surface area contributed by atoms with Crippen molar-refractivity contribution >= 4 is 38.6 Å². The van der Waals surface area contributed by atoms with Gasteiger partial charge in [0, 0.05) is 7.05 Å². The van der Waals surface area contributed by atoms with Crippen LogP contribution < -0.4 is 4.31 Å². The van der Waals surface area contributed by atoms with E-state index in [2.05, 4.69) is 0 Å². The summed E-state index contributed by atoms with van der Waals surface area (Å²) in [5.41, 5.74) is 2.62. The number of nitrogens with zero attached hydrogens (tertiary/aromatic N) is 1. The third kappa shape index (κ3) is 2.78. The van der Waals surface area contributed by atoms with Gasteiger partial charge in [0.05, 0.1) is 10.0 Å². The monoisotopic (exact) mass is 315 g/mol. The summed E-state index contributed by atoms with van der Waals surface area (Å²) in [6, 6.07) is 8.86. The van der Waals surface area contributed by atoms with E-state index in [9.17, 15) is 8.42 Å². The molecular formula is C13H14ClNO2S2. The Labute approximate surface area is 122 Å². The molecule has 0 amide bonds. The minimum absolute atomic E-state index is 0.251. The van der Waals surface area contributed by atoms with Gasteiger partial charge in [-0.3, -0.25) is 4.31 Å². The fourth-order valence-corrected chi connectivity index (χ4v) is 4.66. The Bertz CT molecular complexity index is 707. The summed E-state index contributed by atoms with van der Waals surface area (Å²) in [6.45, 7) is 3.83. The second kappa shape index (κ2) is 5.15. The van der Waals surface area contributed by atoms with Crippen LogP contribution in [0.5, 0.6) is 0 Å². The minimum atomic E-state index is -3.54. The number of rotatable bonds is 3. The van der Waals surface area contributed by atoms with Crippen LogP contribution in [0.4, 0.5) is 5.69 Å². The second-order valence-corrected chi connectivity index (χ2v) is 8.23. The van der Waals surface area contributed by atoms with E-state index in [1.807, 2.05) is 32.0 Å². The molecule has 6 heteroatoms. The summed E-state index contributed by atoms with van der Waals surface area (Å²) in [5.74, 6) is 0. The first-order chi connectivity index (χ1) is 8.82. The average Bonchev–Trinajstić information content (AvgIpc) is 2.79. The third-order valence-electron chi connectivity index (χ3n) is 2.87. The van der Waals surface area contributed by atoms with Gasteiger partial charge < -0.3 is 0 Å². The molecule has 0 aliphatic rings. The van der Waals surface area contributed by atoms with Crippen molar-refractivity contribution in [2.75, 3.05) is 11.4 Å². The second-order valence-electron chi connectivity index (χ2n) is 4.32. The molecule has 0 saturated carbocycles. The summed E-state index contributed by atoms with van der Waals surface area (Å²) in [7, 11) is -1.98. The van der Waals surface area contributed by atoms with E-state index in [0.717, 1.165) is 22.5 Å². The Morgan fingerprint density at radius 3 is 2.42 bits per heavy atom. The molecule has 2 aromatic rings. The van der Waals surface area contributed by atoms with Crippen molar-refractivity contribution in [1.29, 1.82) is 0 Å². The normalized spacial score (nSPS) is 11.6. The molecule has 2 rings (SSSR count). The molecule has 19 heavy (non-hydrogen) atoms. The van der Waals surface area contributed by atoms with Crippen LogP contribution in [0.25, 0.3) is 0 Å². The Kier molecular flexibility index (Phi) is 3.90. The topological polar surface area (TPSA) is 37.4 Å². The van der Waals surface area contributed by atoms with Gasteiger partial charge in [-0.15, -0.1) is 11.3 Å². The third-order valence-corrected chi connectivity index (χ3v) is 6.34. The van der Waals surface area contributed by atoms with Crippen LogP contribution in [0.1, 0.15) is 11.1 Å². The fourth-order valence-electron chi connectivity index (χ4n) is 1.76. The molecule has 0 aliphatic heterocycles. The Hall–Kier alpha value is -1.04. The molecule has 0 aliphatic carbocycles. The average molecular weight is 316 g/mol. The standard InChI is InChI=1S/C13H14ClNO2S2/c1-9-4-5-10(2)11(8-9)15(3)19(16,17)13-7-6-12(14)18-13/h4-8H,1-3H3. The molecule has 0 unspecified atom stereocenters. The molecule has 0 bridgehead atoms. The first-order valence-electron chi connectivity index (χ1n) is 5.64. The van der Waals surface area contributed by atoms with Crippen molar-refractivity contribution in [3.05, 3.63) is 45.8 Å². The van der Waals surface area contributed by atoms with E-state index in [1.165, 1.54) is 10.4 Å². The predicted molar refractivity (Wildman–Crippen MR) is 80.8 cm³/mol. The van der Waals surface area contributed by atoms with Gasteiger partial charge in [-0.25, -0.2) is 8.42 Å². The highest BCUT2D eigenvalue weighted by molar-refractivity contribution is 7.94. The predicted octanol–water partition coefficient (Wildman–Crippen LogP) is 3.84. The molecule has 102 valence electrons. The summed E-state index contributed by atoms with van der Waals surface area (Å²) < 4.78 is 27.0. The molecule has 1 heterocycles. The largest absolute Gasteiger partial charge is 0.273 e. The van der Waals surface area contributed by atoms with Gasteiger partial charge in [-0.1, -0.05) is 23.7 Å². The lowest BCUT2D eigenvalue weighted by molar-refractivity contribution is 0.596. The number of hydrogen-bond acceptors (Lipinski definition) is 3. The van der Waals surface area contributed by atoms with Crippen LogP contribution in [-0.4, -0.2) is 15.5 Å². The molecule has 1 aromatic heterocycles. The van der Waals surface area contributed by atoms with Gasteiger partial charge in [0.2, 0.25) is 0 Å². The van der Waals surface area contributed by atoms with Gasteiger partial charge in [-0.05, 0) is 43.2 Å². The number of aryl methyl sites for hydroxylation is 2. The zero-order valence-electron chi connectivity index (χ0n) is 10.8. The van der Waals surface area contributed by atoms with E-state index in [4.69, 9.17) is 11.6 Å². The smallest absolute Gasteiger partial charge is 0.268 e. The summed E-state index contributed by atoms with van der Waals surface area (Å²) in [5, 5.41) is 0. The molecule has 0 spiro atoms. The highest BCUT2D eigenvalue weighted by Crippen LogP contribution is 2.31. The molecule has 3 nitrogen and oxygen atoms in total. The quantitative estimate of drug-likeness (QED) is 0.863. The number of hydrogen-bond donors (Lipinski definition) is 0. The van der Waals surface area contributed by atoms with Crippen LogP contribution in [0.2, 0.25) is 4.34 Å². The van der Waals surface area contributed by atoms with Crippen LogP contribution in [0, 0.1) is 13.8 Å². The Balaban J connectivity index is 2.49. The van der Waals surface area contributed by atoms with Crippen LogP contribution in [0.3, 0.4) is 0 Å². The summed E-state index contributed by atoms with van der Waals surface area (Å²) >= 11 is 6.87. The van der Waals surface area contributed by atoms with Gasteiger partial charge in [0.1, 0.15) is 4.21 Å². The fraction of sp³-hybridized carbons (Fsp3) is 0.231. The van der Waals surface area contributed by atoms with Gasteiger partial charge in [-0.2, -0.15) is 0 Å². The maximum atomic E-state index is 12.5. The lowest BCUT2D eigenvalue weighted by atomic mass is 10.1. The maximum Gasteiger partial charge on any atom is 0.273 e. The number of thiophene rings is 1. The van der Waals surface area contributed by atoms with E-state index >= 15 is 0 Å². The molecule has 0 saturated heterocycles. The van der Waals surface area contributed by atoms with Gasteiger partial charge >= 0.3 is 0 Å². The summed E-state index contributed by atoms with van der Waals surface area (Å²) in [4.78, 5) is 0. The van der Waals surface area contributed by atoms with E-state index in [0.29, 0.717) is 10.0 Å². The van der Waals surface area contributed by atoms with Crippen LogP contribution >= 0.6 is 22.9 Å². The maximum absolute atomic E-state index is 12.5. The van der Waals surface area contributed by atoms with Crippen molar-refractivity contribution in [2.45, 2.75) is 18.1 Å². The molecule has 0 N–H and O–H groups in total. The number of sulfonamides is 1. The first-order valence-corrected chi connectivity index (χ1v) is 8.27. The van der Waals surface area contributed by atoms with Gasteiger partial charge in [0.15, 0.2) is 0 Å². The zero-order chi connectivity index (χ0) is 14.2. The highest BCUT2D eigenvalue weighted by atomic mass is 35.5. The molecule has 0 fully saturated rings. The molecular weight excluding hydrogens is 302 g/mol. The number of benzene rings is 1.